The zero-order valence-electron chi connectivity index (χ0n) is 11.2. The van der Waals surface area contributed by atoms with Crippen LogP contribution in [0.2, 0.25) is 0 Å². The van der Waals surface area contributed by atoms with E-state index in [4.69, 9.17) is 0 Å². The van der Waals surface area contributed by atoms with Gasteiger partial charge in [0.15, 0.2) is 0 Å². The summed E-state index contributed by atoms with van der Waals surface area (Å²) in [5.41, 5.74) is 0. The Morgan fingerprint density at radius 1 is 1.53 bits per heavy atom. The molecule has 2 fully saturated rings. The van der Waals surface area contributed by atoms with Crippen LogP contribution in [0.25, 0.3) is 0 Å². The van der Waals surface area contributed by atoms with Crippen LogP contribution in [-0.2, 0) is 17.9 Å². The molecule has 0 spiro atoms. The molecule has 104 valence electrons. The smallest absolute Gasteiger partial charge is 0.308 e. The molecule has 2 aliphatic rings. The van der Waals surface area contributed by atoms with Gasteiger partial charge in [-0.1, -0.05) is 0 Å². The predicted molar refractivity (Wildman–Crippen MR) is 70.5 cm³/mol. The van der Waals surface area contributed by atoms with Gasteiger partial charge in [-0.15, -0.1) is 0 Å². The number of hydrogen-bond donors (Lipinski definition) is 2. The SMILES string of the molecule is CCn1ccnc1CNC1C2CCC(C2)C1C(=O)O. The number of rotatable bonds is 5. The summed E-state index contributed by atoms with van der Waals surface area (Å²) in [5, 5.41) is 12.9. The average molecular weight is 263 g/mol. The van der Waals surface area contributed by atoms with Gasteiger partial charge < -0.3 is 15.0 Å². The highest BCUT2D eigenvalue weighted by Crippen LogP contribution is 2.48. The van der Waals surface area contributed by atoms with Crippen LogP contribution in [0.4, 0.5) is 0 Å². The second-order valence-electron chi connectivity index (χ2n) is 5.73. The molecule has 3 rings (SSSR count). The van der Waals surface area contributed by atoms with E-state index in [0.29, 0.717) is 18.4 Å². The third kappa shape index (κ3) is 2.16. The van der Waals surface area contributed by atoms with Crippen LogP contribution in [0.5, 0.6) is 0 Å². The minimum Gasteiger partial charge on any atom is -0.481 e. The molecule has 0 saturated heterocycles. The minimum atomic E-state index is -0.636. The zero-order valence-corrected chi connectivity index (χ0v) is 11.2. The number of carbonyl (C=O) groups is 1. The van der Waals surface area contributed by atoms with Gasteiger partial charge in [-0.25, -0.2) is 4.98 Å². The summed E-state index contributed by atoms with van der Waals surface area (Å²) in [7, 11) is 0. The van der Waals surface area contributed by atoms with Crippen molar-refractivity contribution in [1.29, 1.82) is 0 Å². The first-order valence-electron chi connectivity index (χ1n) is 7.17. The zero-order chi connectivity index (χ0) is 13.4. The number of aliphatic carboxylic acids is 1. The van der Waals surface area contributed by atoms with Crippen LogP contribution in [0.1, 0.15) is 32.0 Å². The maximum atomic E-state index is 11.4. The standard InChI is InChI=1S/C14H21N3O2/c1-2-17-6-5-15-11(17)8-16-13-10-4-3-9(7-10)12(13)14(18)19/h5-6,9-10,12-13,16H,2-4,7-8H2,1H3,(H,18,19). The average Bonchev–Trinajstić information content (AvgIpc) is 3.10. The Morgan fingerprint density at radius 3 is 3.05 bits per heavy atom. The monoisotopic (exact) mass is 263 g/mol. The number of hydrogen-bond acceptors (Lipinski definition) is 3. The highest BCUT2D eigenvalue weighted by molar-refractivity contribution is 5.72. The molecule has 5 heteroatoms. The van der Waals surface area contributed by atoms with Gasteiger partial charge in [0.2, 0.25) is 0 Å². The van der Waals surface area contributed by atoms with E-state index >= 15 is 0 Å². The van der Waals surface area contributed by atoms with Gasteiger partial charge in [-0.3, -0.25) is 4.79 Å². The molecule has 1 aromatic rings. The van der Waals surface area contributed by atoms with Crippen molar-refractivity contribution in [3.8, 4) is 0 Å². The number of nitrogens with zero attached hydrogens (tertiary/aromatic N) is 2. The fraction of sp³-hybridized carbons (Fsp3) is 0.714. The van der Waals surface area contributed by atoms with Crippen molar-refractivity contribution in [2.75, 3.05) is 0 Å². The van der Waals surface area contributed by atoms with Gasteiger partial charge >= 0.3 is 5.97 Å². The van der Waals surface area contributed by atoms with Crippen molar-refractivity contribution < 1.29 is 9.90 Å². The molecule has 4 unspecified atom stereocenters. The minimum absolute atomic E-state index is 0.123. The fourth-order valence-corrected chi connectivity index (χ4v) is 3.94. The third-order valence-corrected chi connectivity index (χ3v) is 4.84. The van der Waals surface area contributed by atoms with Crippen LogP contribution in [0, 0.1) is 17.8 Å². The molecule has 1 aromatic heterocycles. The number of carboxylic acids is 1. The Kier molecular flexibility index (Phi) is 3.31. The molecule has 0 radical (unpaired) electrons. The second kappa shape index (κ2) is 4.96. The lowest BCUT2D eigenvalue weighted by molar-refractivity contribution is -0.144. The van der Waals surface area contributed by atoms with Crippen LogP contribution in [0.3, 0.4) is 0 Å². The van der Waals surface area contributed by atoms with Gasteiger partial charge in [0, 0.05) is 25.0 Å². The number of fused-ring (bicyclic) bond motifs is 2. The third-order valence-electron chi connectivity index (χ3n) is 4.84. The largest absolute Gasteiger partial charge is 0.481 e. The van der Waals surface area contributed by atoms with Crippen molar-refractivity contribution in [3.63, 3.8) is 0 Å². The first-order chi connectivity index (χ1) is 9.20. The molecule has 0 aliphatic heterocycles. The van der Waals surface area contributed by atoms with Crippen LogP contribution < -0.4 is 5.32 Å². The van der Waals surface area contributed by atoms with Gasteiger partial charge in [0.25, 0.3) is 0 Å². The van der Waals surface area contributed by atoms with Gasteiger partial charge in [0.1, 0.15) is 5.82 Å². The van der Waals surface area contributed by atoms with E-state index in [9.17, 15) is 9.90 Å². The molecule has 19 heavy (non-hydrogen) atoms. The van der Waals surface area contributed by atoms with Crippen LogP contribution in [-0.4, -0.2) is 26.7 Å². The Bertz CT molecular complexity index is 471. The number of nitrogens with one attached hydrogen (secondary N) is 1. The van der Waals surface area contributed by atoms with Crippen molar-refractivity contribution >= 4 is 5.97 Å². The lowest BCUT2D eigenvalue weighted by atomic mass is 9.84. The normalized spacial score (nSPS) is 32.9. The number of aromatic nitrogens is 2. The Hall–Kier alpha value is -1.36. The fourth-order valence-electron chi connectivity index (χ4n) is 3.94. The summed E-state index contributed by atoms with van der Waals surface area (Å²) >= 11 is 0. The molecular weight excluding hydrogens is 242 g/mol. The maximum absolute atomic E-state index is 11.4. The van der Waals surface area contributed by atoms with Crippen LogP contribution >= 0.6 is 0 Å². The lowest BCUT2D eigenvalue weighted by Crippen LogP contribution is -2.44. The molecule has 2 N–H and O–H groups in total. The predicted octanol–water partition coefficient (Wildman–Crippen LogP) is 1.49. The molecule has 2 bridgehead atoms. The molecule has 1 heterocycles. The van der Waals surface area contributed by atoms with E-state index in [-0.39, 0.29) is 12.0 Å². The molecule has 2 saturated carbocycles. The summed E-state index contributed by atoms with van der Waals surface area (Å²) in [5.74, 6) is 1.07. The Morgan fingerprint density at radius 2 is 2.32 bits per heavy atom. The van der Waals surface area contributed by atoms with E-state index < -0.39 is 5.97 Å². The number of aryl methyl sites for hydroxylation is 1. The molecule has 5 nitrogen and oxygen atoms in total. The Labute approximate surface area is 113 Å². The van der Waals surface area contributed by atoms with Crippen molar-refractivity contribution in [1.82, 2.24) is 14.9 Å². The quantitative estimate of drug-likeness (QED) is 0.844. The molecule has 0 aromatic carbocycles. The lowest BCUT2D eigenvalue weighted by Gasteiger charge is -2.29. The summed E-state index contributed by atoms with van der Waals surface area (Å²) in [6, 6.07) is 0.123. The first kappa shape index (κ1) is 12.7. The van der Waals surface area contributed by atoms with Crippen LogP contribution in [0.15, 0.2) is 12.4 Å². The van der Waals surface area contributed by atoms with E-state index in [1.165, 1.54) is 6.42 Å². The summed E-state index contributed by atoms with van der Waals surface area (Å²) in [6.45, 7) is 3.65. The highest BCUT2D eigenvalue weighted by atomic mass is 16.4. The number of carboxylic acid groups (broad SMARTS) is 1. The highest BCUT2D eigenvalue weighted by Gasteiger charge is 2.50. The summed E-state index contributed by atoms with van der Waals surface area (Å²) < 4.78 is 2.09. The molecule has 4 atom stereocenters. The van der Waals surface area contributed by atoms with Crippen molar-refractivity contribution in [2.24, 2.45) is 17.8 Å². The van der Waals surface area contributed by atoms with Crippen molar-refractivity contribution in [2.45, 2.75) is 45.3 Å². The maximum Gasteiger partial charge on any atom is 0.308 e. The number of imidazole rings is 1. The summed E-state index contributed by atoms with van der Waals surface area (Å²) in [4.78, 5) is 15.8. The van der Waals surface area contributed by atoms with E-state index in [0.717, 1.165) is 25.2 Å². The molecular formula is C14H21N3O2. The van der Waals surface area contributed by atoms with Crippen molar-refractivity contribution in [3.05, 3.63) is 18.2 Å². The van der Waals surface area contributed by atoms with Gasteiger partial charge in [-0.05, 0) is 38.0 Å². The topological polar surface area (TPSA) is 67.2 Å². The Balaban J connectivity index is 1.67. The van der Waals surface area contributed by atoms with Gasteiger partial charge in [-0.2, -0.15) is 0 Å². The summed E-state index contributed by atoms with van der Waals surface area (Å²) in [6.07, 6.45) is 7.11. The first-order valence-corrected chi connectivity index (χ1v) is 7.17. The van der Waals surface area contributed by atoms with E-state index in [1.807, 2.05) is 6.20 Å². The van der Waals surface area contributed by atoms with E-state index in [1.54, 1.807) is 6.20 Å². The van der Waals surface area contributed by atoms with E-state index in [2.05, 4.69) is 21.8 Å². The molecule has 2 aliphatic carbocycles. The van der Waals surface area contributed by atoms with Gasteiger partial charge in [0.05, 0.1) is 12.5 Å². The molecule has 0 amide bonds. The second-order valence-corrected chi connectivity index (χ2v) is 5.73.